The summed E-state index contributed by atoms with van der Waals surface area (Å²) in [4.78, 5) is 13.4. The second-order valence-electron chi connectivity index (χ2n) is 4.33. The van der Waals surface area contributed by atoms with Gasteiger partial charge in [-0.05, 0) is 18.1 Å². The zero-order valence-electron chi connectivity index (χ0n) is 11.0. The van der Waals surface area contributed by atoms with Gasteiger partial charge in [-0.2, -0.15) is 0 Å². The normalized spacial score (nSPS) is 10.4. The maximum Gasteiger partial charge on any atom is 0.133 e. The van der Waals surface area contributed by atoms with E-state index in [1.54, 1.807) is 6.33 Å². The quantitative estimate of drug-likeness (QED) is 0.699. The number of aromatic nitrogens is 3. The number of nitrogens with zero attached hydrogens (tertiary/aromatic N) is 3. The monoisotopic (exact) mass is 261 g/mol. The highest BCUT2D eigenvalue weighted by atomic mass is 16.3. The minimum absolute atomic E-state index is 0.189. The van der Waals surface area contributed by atoms with E-state index in [0.717, 1.165) is 31.1 Å². The third-order valence-electron chi connectivity index (χ3n) is 2.83. The van der Waals surface area contributed by atoms with Gasteiger partial charge in [0.1, 0.15) is 18.0 Å². The van der Waals surface area contributed by atoms with Crippen LogP contribution in [0.3, 0.4) is 0 Å². The molecule has 0 saturated heterocycles. The van der Waals surface area contributed by atoms with Gasteiger partial charge in [0.15, 0.2) is 0 Å². The second kappa shape index (κ2) is 6.75. The van der Waals surface area contributed by atoms with Crippen LogP contribution < -0.4 is 10.2 Å². The summed E-state index contributed by atoms with van der Waals surface area (Å²) in [5.74, 6) is 1.64. The first-order valence-corrected chi connectivity index (χ1v) is 6.29. The molecule has 0 aliphatic carbocycles. The van der Waals surface area contributed by atoms with Gasteiger partial charge in [0, 0.05) is 45.2 Å². The molecule has 2 aromatic rings. The summed E-state index contributed by atoms with van der Waals surface area (Å²) in [6, 6.07) is 3.92. The molecule has 0 unspecified atom stereocenters. The van der Waals surface area contributed by atoms with Crippen molar-refractivity contribution in [3.63, 3.8) is 0 Å². The topological polar surface area (TPSA) is 77.1 Å². The van der Waals surface area contributed by atoms with Crippen molar-refractivity contribution in [3.8, 4) is 0 Å². The summed E-state index contributed by atoms with van der Waals surface area (Å²) < 4.78 is 0. The van der Waals surface area contributed by atoms with Crippen LogP contribution >= 0.6 is 0 Å². The van der Waals surface area contributed by atoms with Gasteiger partial charge < -0.3 is 20.3 Å². The van der Waals surface area contributed by atoms with Crippen LogP contribution in [0.4, 0.5) is 11.6 Å². The lowest BCUT2D eigenvalue weighted by atomic mass is 10.3. The van der Waals surface area contributed by atoms with Crippen LogP contribution in [0.25, 0.3) is 0 Å². The van der Waals surface area contributed by atoms with Crippen LogP contribution in [0.1, 0.15) is 12.0 Å². The van der Waals surface area contributed by atoms with Crippen molar-refractivity contribution >= 4 is 11.6 Å². The van der Waals surface area contributed by atoms with Gasteiger partial charge in [0.2, 0.25) is 0 Å². The molecule has 3 N–H and O–H groups in total. The van der Waals surface area contributed by atoms with E-state index in [9.17, 15) is 0 Å². The zero-order chi connectivity index (χ0) is 13.5. The standard InChI is InChI=1S/C13H19N5O/c1-18(5-2-6-19)13-7-12(16-10-17-13)15-9-11-3-4-14-8-11/h3-4,7-8,10,14,19H,2,5-6,9H2,1H3,(H,15,16,17). The number of anilines is 2. The minimum Gasteiger partial charge on any atom is -0.396 e. The fourth-order valence-corrected chi connectivity index (χ4v) is 1.74. The molecule has 0 aliphatic heterocycles. The molecule has 0 fully saturated rings. The van der Waals surface area contributed by atoms with E-state index in [4.69, 9.17) is 5.11 Å². The summed E-state index contributed by atoms with van der Waals surface area (Å²) in [5.41, 5.74) is 1.17. The maximum atomic E-state index is 8.83. The number of hydrogen-bond acceptors (Lipinski definition) is 5. The van der Waals surface area contributed by atoms with Crippen LogP contribution in [0.2, 0.25) is 0 Å². The van der Waals surface area contributed by atoms with Crippen LogP contribution in [-0.4, -0.2) is 40.3 Å². The predicted molar refractivity (Wildman–Crippen MR) is 75.1 cm³/mol. The van der Waals surface area contributed by atoms with Crippen molar-refractivity contribution in [3.05, 3.63) is 36.4 Å². The first kappa shape index (κ1) is 13.4. The average Bonchev–Trinajstić information content (AvgIpc) is 2.96. The molecule has 0 spiro atoms. The minimum atomic E-state index is 0.189. The van der Waals surface area contributed by atoms with Crippen molar-refractivity contribution in [2.75, 3.05) is 30.4 Å². The van der Waals surface area contributed by atoms with Gasteiger partial charge in [0.25, 0.3) is 0 Å². The Labute approximate surface area is 112 Å². The van der Waals surface area contributed by atoms with E-state index in [-0.39, 0.29) is 6.61 Å². The number of aliphatic hydroxyl groups excluding tert-OH is 1. The van der Waals surface area contributed by atoms with Crippen molar-refractivity contribution in [1.82, 2.24) is 15.0 Å². The molecule has 2 aromatic heterocycles. The molecule has 6 heteroatoms. The van der Waals surface area contributed by atoms with E-state index in [1.165, 1.54) is 5.56 Å². The molecule has 0 saturated carbocycles. The van der Waals surface area contributed by atoms with Gasteiger partial charge >= 0.3 is 0 Å². The Balaban J connectivity index is 1.94. The SMILES string of the molecule is CN(CCCO)c1cc(NCc2cc[nH]c2)ncn1. The summed E-state index contributed by atoms with van der Waals surface area (Å²) >= 11 is 0. The molecule has 0 aliphatic rings. The van der Waals surface area contributed by atoms with Crippen molar-refractivity contribution < 1.29 is 5.11 Å². The lowest BCUT2D eigenvalue weighted by Gasteiger charge is -2.17. The number of aromatic amines is 1. The molecule has 0 atom stereocenters. The molecule has 6 nitrogen and oxygen atoms in total. The Hall–Kier alpha value is -2.08. The molecule has 102 valence electrons. The van der Waals surface area contributed by atoms with Crippen LogP contribution in [0.5, 0.6) is 0 Å². The van der Waals surface area contributed by atoms with Crippen LogP contribution in [-0.2, 0) is 6.54 Å². The number of H-pyrrole nitrogens is 1. The molecule has 0 aromatic carbocycles. The summed E-state index contributed by atoms with van der Waals surface area (Å²) in [6.45, 7) is 1.68. The Kier molecular flexibility index (Phi) is 4.74. The summed E-state index contributed by atoms with van der Waals surface area (Å²) in [6.07, 6.45) is 6.12. The third kappa shape index (κ3) is 3.96. The third-order valence-corrected chi connectivity index (χ3v) is 2.83. The van der Waals surface area contributed by atoms with E-state index >= 15 is 0 Å². The Morgan fingerprint density at radius 2 is 2.32 bits per heavy atom. The number of hydrogen-bond donors (Lipinski definition) is 3. The lowest BCUT2D eigenvalue weighted by Crippen LogP contribution is -2.20. The molecule has 0 amide bonds. The fraction of sp³-hybridized carbons (Fsp3) is 0.385. The average molecular weight is 261 g/mol. The van der Waals surface area contributed by atoms with Gasteiger partial charge in [-0.25, -0.2) is 9.97 Å². The number of nitrogens with one attached hydrogen (secondary N) is 2. The molecular formula is C13H19N5O. The highest BCUT2D eigenvalue weighted by molar-refractivity contribution is 5.48. The maximum absolute atomic E-state index is 8.83. The fourth-order valence-electron chi connectivity index (χ4n) is 1.74. The molecule has 0 bridgehead atoms. The zero-order valence-corrected chi connectivity index (χ0v) is 11.0. The summed E-state index contributed by atoms with van der Waals surface area (Å²) in [5, 5.41) is 12.1. The number of rotatable bonds is 7. The van der Waals surface area contributed by atoms with Gasteiger partial charge in [-0.15, -0.1) is 0 Å². The van der Waals surface area contributed by atoms with E-state index < -0.39 is 0 Å². The Bertz CT molecular complexity index is 486. The molecule has 0 radical (unpaired) electrons. The molecular weight excluding hydrogens is 242 g/mol. The van der Waals surface area contributed by atoms with E-state index in [2.05, 4.69) is 20.3 Å². The summed E-state index contributed by atoms with van der Waals surface area (Å²) in [7, 11) is 1.95. The predicted octanol–water partition coefficient (Wildman–Crippen LogP) is 1.24. The molecule has 2 heterocycles. The first-order chi connectivity index (χ1) is 9.29. The highest BCUT2D eigenvalue weighted by Gasteiger charge is 2.04. The first-order valence-electron chi connectivity index (χ1n) is 6.29. The lowest BCUT2D eigenvalue weighted by molar-refractivity contribution is 0.290. The molecule has 19 heavy (non-hydrogen) atoms. The van der Waals surface area contributed by atoms with Crippen molar-refractivity contribution in [1.29, 1.82) is 0 Å². The number of aliphatic hydroxyl groups is 1. The van der Waals surface area contributed by atoms with Crippen molar-refractivity contribution in [2.24, 2.45) is 0 Å². The van der Waals surface area contributed by atoms with E-state index in [1.807, 2.05) is 36.5 Å². The Morgan fingerprint density at radius 1 is 1.42 bits per heavy atom. The van der Waals surface area contributed by atoms with Gasteiger partial charge in [0.05, 0.1) is 0 Å². The highest BCUT2D eigenvalue weighted by Crippen LogP contribution is 2.13. The smallest absolute Gasteiger partial charge is 0.133 e. The van der Waals surface area contributed by atoms with Gasteiger partial charge in [-0.3, -0.25) is 0 Å². The second-order valence-corrected chi connectivity index (χ2v) is 4.33. The van der Waals surface area contributed by atoms with Crippen LogP contribution in [0, 0.1) is 0 Å². The Morgan fingerprint density at radius 3 is 3.05 bits per heavy atom. The molecule has 2 rings (SSSR count). The van der Waals surface area contributed by atoms with Crippen LogP contribution in [0.15, 0.2) is 30.9 Å². The van der Waals surface area contributed by atoms with Crippen molar-refractivity contribution in [2.45, 2.75) is 13.0 Å². The largest absolute Gasteiger partial charge is 0.396 e. The van der Waals surface area contributed by atoms with E-state index in [0.29, 0.717) is 0 Å². The van der Waals surface area contributed by atoms with Gasteiger partial charge in [-0.1, -0.05) is 0 Å².